The van der Waals surface area contributed by atoms with Crippen molar-refractivity contribution in [2.24, 2.45) is 5.11 Å². The smallest absolute Gasteiger partial charge is 0.249 e. The lowest BCUT2D eigenvalue weighted by Crippen LogP contribution is -2.24. The number of nitrogens with zero attached hydrogens (tertiary/aromatic N) is 4. The molecule has 0 aliphatic rings. The normalized spacial score (nSPS) is 11.1. The molecule has 0 saturated carbocycles. The van der Waals surface area contributed by atoms with Gasteiger partial charge < -0.3 is 0 Å². The van der Waals surface area contributed by atoms with Crippen LogP contribution < -0.4 is 4.72 Å². The Bertz CT molecular complexity index is 504. The van der Waals surface area contributed by atoms with Gasteiger partial charge in [-0.1, -0.05) is 5.11 Å². The Morgan fingerprint density at radius 2 is 2.35 bits per heavy atom. The van der Waals surface area contributed by atoms with Gasteiger partial charge >= 0.3 is 0 Å². The van der Waals surface area contributed by atoms with E-state index in [1.807, 2.05) is 0 Å². The Kier molecular flexibility index (Phi) is 5.36. The van der Waals surface area contributed by atoms with E-state index in [0.29, 0.717) is 30.9 Å². The van der Waals surface area contributed by atoms with Gasteiger partial charge in [-0.2, -0.15) is 0 Å². The van der Waals surface area contributed by atoms with E-state index in [1.165, 1.54) is 6.20 Å². The zero-order valence-corrected chi connectivity index (χ0v) is 11.0. The highest BCUT2D eigenvalue weighted by molar-refractivity contribution is 7.91. The van der Waals surface area contributed by atoms with Gasteiger partial charge in [0.25, 0.3) is 10.0 Å². The topological polar surface area (TPSA) is 108 Å². The molecule has 0 amide bonds. The second-order valence-electron chi connectivity index (χ2n) is 3.26. The summed E-state index contributed by atoms with van der Waals surface area (Å²) in [7, 11) is -3.43. The summed E-state index contributed by atoms with van der Waals surface area (Å²) in [4.78, 5) is 6.51. The SMILES string of the molecule is Cc1ncc(S(=O)(=O)NCCCCN=[N+]=[N-])s1. The van der Waals surface area contributed by atoms with E-state index in [9.17, 15) is 8.42 Å². The largest absolute Gasteiger partial charge is 0.251 e. The number of thiazole rings is 1. The average molecular weight is 275 g/mol. The molecule has 17 heavy (non-hydrogen) atoms. The van der Waals surface area contributed by atoms with Crippen molar-refractivity contribution in [3.05, 3.63) is 21.6 Å². The first-order valence-electron chi connectivity index (χ1n) is 4.99. The molecule has 7 nitrogen and oxygen atoms in total. The molecule has 1 aromatic heterocycles. The maximum atomic E-state index is 11.7. The monoisotopic (exact) mass is 275 g/mol. The van der Waals surface area contributed by atoms with Crippen LogP contribution in [0.2, 0.25) is 0 Å². The number of aryl methyl sites for hydroxylation is 1. The van der Waals surface area contributed by atoms with Gasteiger partial charge in [-0.3, -0.25) is 0 Å². The number of nitrogens with one attached hydrogen (secondary N) is 1. The van der Waals surface area contributed by atoms with E-state index in [2.05, 4.69) is 19.7 Å². The van der Waals surface area contributed by atoms with Gasteiger partial charge in [-0.25, -0.2) is 18.1 Å². The molecular weight excluding hydrogens is 262 g/mol. The summed E-state index contributed by atoms with van der Waals surface area (Å²) in [6, 6.07) is 0. The number of hydrogen-bond acceptors (Lipinski definition) is 5. The highest BCUT2D eigenvalue weighted by atomic mass is 32.2. The molecular formula is C8H13N5O2S2. The number of sulfonamides is 1. The van der Waals surface area contributed by atoms with E-state index in [1.54, 1.807) is 6.92 Å². The van der Waals surface area contributed by atoms with E-state index in [0.717, 1.165) is 11.3 Å². The molecule has 1 aromatic rings. The lowest BCUT2D eigenvalue weighted by atomic mass is 10.3. The van der Waals surface area contributed by atoms with Crippen molar-refractivity contribution in [3.8, 4) is 0 Å². The highest BCUT2D eigenvalue weighted by Gasteiger charge is 2.15. The maximum absolute atomic E-state index is 11.7. The summed E-state index contributed by atoms with van der Waals surface area (Å²) in [5, 5.41) is 4.08. The predicted octanol–water partition coefficient (Wildman–Crippen LogP) is 1.82. The maximum Gasteiger partial charge on any atom is 0.251 e. The van der Waals surface area contributed by atoms with Gasteiger partial charge in [-0.05, 0) is 25.3 Å². The minimum absolute atomic E-state index is 0.227. The second-order valence-corrected chi connectivity index (χ2v) is 6.49. The molecule has 0 atom stereocenters. The lowest BCUT2D eigenvalue weighted by Gasteiger charge is -2.02. The molecule has 0 fully saturated rings. The minimum Gasteiger partial charge on any atom is -0.249 e. The van der Waals surface area contributed by atoms with Crippen LogP contribution in [0.15, 0.2) is 15.5 Å². The fraction of sp³-hybridized carbons (Fsp3) is 0.625. The molecule has 1 heterocycles. The minimum atomic E-state index is -3.43. The van der Waals surface area contributed by atoms with Crippen LogP contribution in [-0.2, 0) is 10.0 Å². The van der Waals surface area contributed by atoms with Crippen molar-refractivity contribution in [1.82, 2.24) is 9.71 Å². The van der Waals surface area contributed by atoms with Gasteiger partial charge in [-0.15, -0.1) is 11.3 Å². The molecule has 0 unspecified atom stereocenters. The summed E-state index contributed by atoms with van der Waals surface area (Å²) in [5.41, 5.74) is 8.04. The van der Waals surface area contributed by atoms with Crippen LogP contribution in [0.1, 0.15) is 17.8 Å². The van der Waals surface area contributed by atoms with Gasteiger partial charge in [0.1, 0.15) is 0 Å². The molecule has 0 spiro atoms. The quantitative estimate of drug-likeness (QED) is 0.355. The zero-order chi connectivity index (χ0) is 12.7. The van der Waals surface area contributed by atoms with Crippen LogP contribution in [0, 0.1) is 6.92 Å². The van der Waals surface area contributed by atoms with E-state index < -0.39 is 10.0 Å². The van der Waals surface area contributed by atoms with Crippen LogP contribution in [0.3, 0.4) is 0 Å². The van der Waals surface area contributed by atoms with Crippen molar-refractivity contribution in [1.29, 1.82) is 0 Å². The number of rotatable bonds is 7. The highest BCUT2D eigenvalue weighted by Crippen LogP contribution is 2.17. The lowest BCUT2D eigenvalue weighted by molar-refractivity contribution is 0.579. The zero-order valence-electron chi connectivity index (χ0n) is 9.33. The van der Waals surface area contributed by atoms with Crippen molar-refractivity contribution in [2.75, 3.05) is 13.1 Å². The third-order valence-corrected chi connectivity index (χ3v) is 4.74. The molecule has 1 N–H and O–H groups in total. The van der Waals surface area contributed by atoms with E-state index in [-0.39, 0.29) is 4.21 Å². The summed E-state index contributed by atoms with van der Waals surface area (Å²) < 4.78 is 26.1. The van der Waals surface area contributed by atoms with E-state index in [4.69, 9.17) is 5.53 Å². The van der Waals surface area contributed by atoms with E-state index >= 15 is 0 Å². The first kappa shape index (κ1) is 13.9. The molecule has 0 saturated heterocycles. The Morgan fingerprint density at radius 1 is 1.59 bits per heavy atom. The number of hydrogen-bond donors (Lipinski definition) is 1. The summed E-state index contributed by atoms with van der Waals surface area (Å²) in [6.07, 6.45) is 2.65. The molecule has 0 aromatic carbocycles. The Balaban J connectivity index is 2.38. The molecule has 1 rings (SSSR count). The van der Waals surface area contributed by atoms with Crippen LogP contribution in [0.4, 0.5) is 0 Å². The second kappa shape index (κ2) is 6.55. The van der Waals surface area contributed by atoms with Crippen LogP contribution in [0.25, 0.3) is 10.4 Å². The molecule has 94 valence electrons. The van der Waals surface area contributed by atoms with Crippen molar-refractivity contribution < 1.29 is 8.42 Å². The van der Waals surface area contributed by atoms with Crippen LogP contribution in [0.5, 0.6) is 0 Å². The van der Waals surface area contributed by atoms with Crippen LogP contribution >= 0.6 is 11.3 Å². The Labute approximate surface area is 104 Å². The Hall–Kier alpha value is -1.15. The summed E-state index contributed by atoms with van der Waals surface area (Å²) >= 11 is 1.14. The molecule has 9 heteroatoms. The Morgan fingerprint density at radius 3 is 2.94 bits per heavy atom. The van der Waals surface area contributed by atoms with Crippen molar-refractivity contribution >= 4 is 21.4 Å². The number of unbranched alkanes of at least 4 members (excludes halogenated alkanes) is 1. The molecule has 0 radical (unpaired) electrons. The number of azide groups is 1. The van der Waals surface area contributed by atoms with Crippen molar-refractivity contribution in [2.45, 2.75) is 24.0 Å². The van der Waals surface area contributed by atoms with Crippen LogP contribution in [-0.4, -0.2) is 26.5 Å². The van der Waals surface area contributed by atoms with Gasteiger partial charge in [0.05, 0.1) is 11.2 Å². The van der Waals surface area contributed by atoms with Crippen molar-refractivity contribution in [3.63, 3.8) is 0 Å². The molecule has 0 bridgehead atoms. The predicted molar refractivity (Wildman–Crippen MR) is 65.3 cm³/mol. The first-order chi connectivity index (χ1) is 8.06. The van der Waals surface area contributed by atoms with Gasteiger partial charge in [0, 0.05) is 18.0 Å². The summed E-state index contributed by atoms with van der Waals surface area (Å²) in [5.74, 6) is 0. The third-order valence-electron chi connectivity index (χ3n) is 1.91. The third kappa shape index (κ3) is 4.70. The van der Waals surface area contributed by atoms with Gasteiger partial charge in [0.2, 0.25) is 0 Å². The van der Waals surface area contributed by atoms with Gasteiger partial charge in [0.15, 0.2) is 4.21 Å². The molecule has 0 aliphatic heterocycles. The molecule has 0 aliphatic carbocycles. The summed E-state index contributed by atoms with van der Waals surface area (Å²) in [6.45, 7) is 2.47. The first-order valence-corrected chi connectivity index (χ1v) is 7.29. The average Bonchev–Trinajstić information content (AvgIpc) is 2.71. The standard InChI is InChI=1S/C8H13N5O2S2/c1-7-10-6-8(16-7)17(14,15)12-5-3-2-4-11-13-9/h6,12H,2-5H2,1H3. The fourth-order valence-electron chi connectivity index (χ4n) is 1.10. The number of aromatic nitrogens is 1. The fourth-order valence-corrected chi connectivity index (χ4v) is 3.32.